The number of benzene rings is 1. The monoisotopic (exact) mass is 278 g/mol. The van der Waals surface area contributed by atoms with Crippen LogP contribution in [0.1, 0.15) is 12.5 Å². The minimum atomic E-state index is 0.266. The molecule has 0 saturated carbocycles. The Morgan fingerprint density at radius 2 is 2.12 bits per heavy atom. The van der Waals surface area contributed by atoms with Crippen LogP contribution in [-0.2, 0) is 6.42 Å². The first-order valence-corrected chi connectivity index (χ1v) is 7.06. The molecule has 1 aromatic carbocycles. The van der Waals surface area contributed by atoms with Gasteiger partial charge in [0.15, 0.2) is 0 Å². The Morgan fingerprint density at radius 1 is 1.38 bits per heavy atom. The molecule has 0 heterocycles. The van der Waals surface area contributed by atoms with Gasteiger partial charge < -0.3 is 0 Å². The van der Waals surface area contributed by atoms with Gasteiger partial charge in [-0.15, -0.1) is 0 Å². The van der Waals surface area contributed by atoms with Crippen LogP contribution in [0.15, 0.2) is 18.2 Å². The minimum absolute atomic E-state index is 0.266. The highest BCUT2D eigenvalue weighted by Crippen LogP contribution is 2.23. The first kappa shape index (κ1) is 14.1. The summed E-state index contributed by atoms with van der Waals surface area (Å²) in [5.41, 5.74) is 3.97. The van der Waals surface area contributed by atoms with Crippen LogP contribution in [0.4, 0.5) is 0 Å². The Morgan fingerprint density at radius 3 is 2.69 bits per heavy atom. The fraction of sp³-hybridized carbons (Fsp3) is 0.455. The number of hydrazine groups is 1. The molecule has 0 spiro atoms. The Kier molecular flexibility index (Phi) is 6.54. The third kappa shape index (κ3) is 4.52. The molecule has 0 fully saturated rings. The zero-order valence-corrected chi connectivity index (χ0v) is 11.5. The maximum Gasteiger partial charge on any atom is 0.0595 e. The van der Waals surface area contributed by atoms with Crippen LogP contribution in [0.2, 0.25) is 10.0 Å². The van der Waals surface area contributed by atoms with Crippen molar-refractivity contribution in [2.24, 2.45) is 5.84 Å². The minimum Gasteiger partial charge on any atom is -0.271 e. The second kappa shape index (κ2) is 7.41. The standard InChI is InChI=1S/C11H16Cl2N2S/c1-2-16-7-9(15-14)5-8-3-4-10(12)11(13)6-8/h3-4,6,9,15H,2,5,7,14H2,1H3. The van der Waals surface area contributed by atoms with Crippen molar-refractivity contribution in [1.29, 1.82) is 0 Å². The fourth-order valence-corrected chi connectivity index (χ4v) is 2.43. The SMILES string of the molecule is CCSCC(Cc1ccc(Cl)c(Cl)c1)NN. The van der Waals surface area contributed by atoms with E-state index in [2.05, 4.69) is 12.3 Å². The highest BCUT2D eigenvalue weighted by atomic mass is 35.5. The van der Waals surface area contributed by atoms with Crippen LogP contribution in [-0.4, -0.2) is 17.5 Å². The van der Waals surface area contributed by atoms with Crippen molar-refractivity contribution in [3.05, 3.63) is 33.8 Å². The van der Waals surface area contributed by atoms with Gasteiger partial charge in [0, 0.05) is 11.8 Å². The van der Waals surface area contributed by atoms with Crippen LogP contribution >= 0.6 is 35.0 Å². The highest BCUT2D eigenvalue weighted by Gasteiger charge is 2.08. The van der Waals surface area contributed by atoms with E-state index in [1.54, 1.807) is 0 Å². The van der Waals surface area contributed by atoms with Crippen molar-refractivity contribution in [2.75, 3.05) is 11.5 Å². The molecule has 0 aromatic heterocycles. The molecular formula is C11H16Cl2N2S. The van der Waals surface area contributed by atoms with E-state index >= 15 is 0 Å². The molecular weight excluding hydrogens is 263 g/mol. The largest absolute Gasteiger partial charge is 0.271 e. The van der Waals surface area contributed by atoms with Gasteiger partial charge in [0.25, 0.3) is 0 Å². The van der Waals surface area contributed by atoms with E-state index in [9.17, 15) is 0 Å². The van der Waals surface area contributed by atoms with Gasteiger partial charge in [-0.2, -0.15) is 11.8 Å². The number of nitrogens with one attached hydrogen (secondary N) is 1. The number of hydrogen-bond donors (Lipinski definition) is 2. The summed E-state index contributed by atoms with van der Waals surface area (Å²) in [6, 6.07) is 5.96. The van der Waals surface area contributed by atoms with Gasteiger partial charge in [-0.3, -0.25) is 11.3 Å². The molecule has 1 atom stereocenters. The van der Waals surface area contributed by atoms with E-state index in [-0.39, 0.29) is 6.04 Å². The number of rotatable bonds is 6. The summed E-state index contributed by atoms with van der Waals surface area (Å²) in [7, 11) is 0. The molecule has 0 aliphatic carbocycles. The van der Waals surface area contributed by atoms with E-state index < -0.39 is 0 Å². The third-order valence-electron chi connectivity index (χ3n) is 2.22. The van der Waals surface area contributed by atoms with Gasteiger partial charge >= 0.3 is 0 Å². The van der Waals surface area contributed by atoms with Crippen molar-refractivity contribution in [3.63, 3.8) is 0 Å². The molecule has 0 aliphatic rings. The number of halogens is 2. The average Bonchev–Trinajstić information content (AvgIpc) is 2.29. The van der Waals surface area contributed by atoms with Crippen LogP contribution < -0.4 is 11.3 Å². The highest BCUT2D eigenvalue weighted by molar-refractivity contribution is 7.99. The molecule has 0 bridgehead atoms. The maximum absolute atomic E-state index is 5.96. The van der Waals surface area contributed by atoms with Gasteiger partial charge in [-0.05, 0) is 29.9 Å². The Balaban J connectivity index is 2.59. The van der Waals surface area contributed by atoms with Gasteiger partial charge in [0.1, 0.15) is 0 Å². The number of hydrogen-bond acceptors (Lipinski definition) is 3. The van der Waals surface area contributed by atoms with Crippen molar-refractivity contribution in [2.45, 2.75) is 19.4 Å². The summed E-state index contributed by atoms with van der Waals surface area (Å²) in [4.78, 5) is 0. The molecule has 1 unspecified atom stereocenters. The van der Waals surface area contributed by atoms with Crippen molar-refractivity contribution >= 4 is 35.0 Å². The van der Waals surface area contributed by atoms with Crippen LogP contribution in [0.25, 0.3) is 0 Å². The van der Waals surface area contributed by atoms with Crippen LogP contribution in [0.5, 0.6) is 0 Å². The van der Waals surface area contributed by atoms with Crippen molar-refractivity contribution in [3.8, 4) is 0 Å². The molecule has 3 N–H and O–H groups in total. The Hall–Kier alpha value is 0.0700. The van der Waals surface area contributed by atoms with Crippen molar-refractivity contribution in [1.82, 2.24) is 5.43 Å². The number of thioether (sulfide) groups is 1. The predicted octanol–water partition coefficient (Wildman–Crippen LogP) is 3.12. The van der Waals surface area contributed by atoms with E-state index in [1.807, 2.05) is 30.0 Å². The van der Waals surface area contributed by atoms with Crippen LogP contribution in [0.3, 0.4) is 0 Å². The van der Waals surface area contributed by atoms with Gasteiger partial charge in [0.2, 0.25) is 0 Å². The topological polar surface area (TPSA) is 38.0 Å². The fourth-order valence-electron chi connectivity index (χ4n) is 1.38. The van der Waals surface area contributed by atoms with E-state index in [1.165, 1.54) is 0 Å². The quantitative estimate of drug-likeness (QED) is 0.620. The molecule has 5 heteroatoms. The molecule has 90 valence electrons. The third-order valence-corrected chi connectivity index (χ3v) is 4.01. The molecule has 16 heavy (non-hydrogen) atoms. The summed E-state index contributed by atoms with van der Waals surface area (Å²) in [6.07, 6.45) is 0.861. The number of nitrogens with two attached hydrogens (primary N) is 1. The van der Waals surface area contributed by atoms with Gasteiger partial charge in [-0.25, -0.2) is 0 Å². The lowest BCUT2D eigenvalue weighted by atomic mass is 10.1. The van der Waals surface area contributed by atoms with Crippen LogP contribution in [0, 0.1) is 0 Å². The molecule has 0 amide bonds. The van der Waals surface area contributed by atoms with E-state index in [4.69, 9.17) is 29.0 Å². The second-order valence-corrected chi connectivity index (χ2v) is 5.61. The van der Waals surface area contributed by atoms with Gasteiger partial charge in [0.05, 0.1) is 10.0 Å². The summed E-state index contributed by atoms with van der Waals surface area (Å²) in [6.45, 7) is 2.14. The average molecular weight is 279 g/mol. The normalized spacial score (nSPS) is 12.8. The summed E-state index contributed by atoms with van der Waals surface area (Å²) in [5.74, 6) is 7.60. The Labute approximate surface area is 111 Å². The molecule has 1 rings (SSSR count). The van der Waals surface area contributed by atoms with E-state index in [0.717, 1.165) is 23.5 Å². The molecule has 0 aliphatic heterocycles. The molecule has 0 radical (unpaired) electrons. The lowest BCUT2D eigenvalue weighted by Crippen LogP contribution is -2.38. The summed E-state index contributed by atoms with van der Waals surface area (Å²) in [5, 5.41) is 1.18. The first-order valence-electron chi connectivity index (χ1n) is 5.15. The first-order chi connectivity index (χ1) is 7.67. The van der Waals surface area contributed by atoms with Gasteiger partial charge in [-0.1, -0.05) is 36.2 Å². The van der Waals surface area contributed by atoms with E-state index in [0.29, 0.717) is 10.0 Å². The zero-order chi connectivity index (χ0) is 12.0. The predicted molar refractivity (Wildman–Crippen MR) is 74.3 cm³/mol. The zero-order valence-electron chi connectivity index (χ0n) is 9.17. The molecule has 1 aromatic rings. The lowest BCUT2D eigenvalue weighted by Gasteiger charge is -2.15. The Bertz CT molecular complexity index is 334. The second-order valence-electron chi connectivity index (χ2n) is 3.48. The maximum atomic E-state index is 5.96. The van der Waals surface area contributed by atoms with Crippen molar-refractivity contribution < 1.29 is 0 Å². The summed E-state index contributed by atoms with van der Waals surface area (Å²) < 4.78 is 0. The smallest absolute Gasteiger partial charge is 0.0595 e. The molecule has 0 saturated heterocycles. The molecule has 2 nitrogen and oxygen atoms in total. The lowest BCUT2D eigenvalue weighted by molar-refractivity contribution is 0.575. The summed E-state index contributed by atoms with van der Waals surface area (Å²) >= 11 is 13.7.